The summed E-state index contributed by atoms with van der Waals surface area (Å²) in [6.45, 7) is 2.90. The van der Waals surface area contributed by atoms with E-state index in [9.17, 15) is 19.7 Å². The average molecular weight is 317 g/mol. The van der Waals surface area contributed by atoms with E-state index < -0.39 is 16.7 Å². The summed E-state index contributed by atoms with van der Waals surface area (Å²) in [4.78, 5) is 33.4. The molecule has 120 valence electrons. The van der Waals surface area contributed by atoms with Crippen molar-refractivity contribution >= 4 is 23.2 Å². The van der Waals surface area contributed by atoms with Crippen molar-refractivity contribution < 1.29 is 14.5 Å². The molecule has 1 aromatic heterocycles. The number of carbonyl (C=O) groups is 2. The highest BCUT2D eigenvalue weighted by Crippen LogP contribution is 2.21. The van der Waals surface area contributed by atoms with Gasteiger partial charge in [-0.25, -0.2) is 0 Å². The van der Waals surface area contributed by atoms with Crippen molar-refractivity contribution in [3.63, 3.8) is 0 Å². The van der Waals surface area contributed by atoms with Gasteiger partial charge in [-0.1, -0.05) is 0 Å². The molecule has 23 heavy (non-hydrogen) atoms. The van der Waals surface area contributed by atoms with Crippen LogP contribution >= 0.6 is 0 Å². The van der Waals surface area contributed by atoms with E-state index in [0.717, 1.165) is 0 Å². The summed E-state index contributed by atoms with van der Waals surface area (Å²) in [7, 11) is 0. The molecule has 2 amide bonds. The first-order valence-corrected chi connectivity index (χ1v) is 6.67. The summed E-state index contributed by atoms with van der Waals surface area (Å²) in [5, 5.41) is 17.6. The van der Waals surface area contributed by atoms with E-state index in [2.05, 4.69) is 10.4 Å². The second kappa shape index (κ2) is 6.26. The summed E-state index contributed by atoms with van der Waals surface area (Å²) >= 11 is 0. The Hall–Kier alpha value is -3.23. The number of hydrogen-bond donors (Lipinski definition) is 2. The van der Waals surface area contributed by atoms with Crippen LogP contribution in [0.2, 0.25) is 0 Å². The van der Waals surface area contributed by atoms with Crippen molar-refractivity contribution in [2.75, 3.05) is 5.32 Å². The fourth-order valence-electron chi connectivity index (χ4n) is 2.16. The number of aromatic nitrogens is 2. The van der Waals surface area contributed by atoms with Gasteiger partial charge in [0, 0.05) is 11.3 Å². The number of nitrogens with one attached hydrogen (secondary N) is 1. The summed E-state index contributed by atoms with van der Waals surface area (Å²) in [6.07, 6.45) is 0. The second-order valence-electron chi connectivity index (χ2n) is 4.92. The number of hydrogen-bond acceptors (Lipinski definition) is 5. The van der Waals surface area contributed by atoms with E-state index in [1.54, 1.807) is 12.1 Å². The van der Waals surface area contributed by atoms with Gasteiger partial charge in [-0.3, -0.25) is 24.4 Å². The van der Waals surface area contributed by atoms with Crippen LogP contribution in [-0.2, 0) is 11.3 Å². The summed E-state index contributed by atoms with van der Waals surface area (Å²) in [6, 6.07) is 6.07. The maximum atomic E-state index is 12.0. The molecule has 0 fully saturated rings. The highest BCUT2D eigenvalue weighted by molar-refractivity contribution is 5.94. The van der Waals surface area contributed by atoms with Gasteiger partial charge in [-0.05, 0) is 38.1 Å². The molecular formula is C14H15N5O4. The molecule has 0 unspecified atom stereocenters. The SMILES string of the molecule is Cc1nn(CC(=O)Nc2ccc(C(N)=O)cc2)c(C)c1[N+](=O)[O-]. The predicted octanol–water partition coefficient (Wildman–Crippen LogP) is 1.15. The van der Waals surface area contributed by atoms with Gasteiger partial charge in [-0.15, -0.1) is 0 Å². The molecule has 9 heteroatoms. The van der Waals surface area contributed by atoms with Gasteiger partial charge in [0.05, 0.1) is 4.92 Å². The number of nitro groups is 1. The maximum Gasteiger partial charge on any atom is 0.312 e. The van der Waals surface area contributed by atoms with Crippen molar-refractivity contribution in [1.82, 2.24) is 9.78 Å². The van der Waals surface area contributed by atoms with Crippen LogP contribution in [0.1, 0.15) is 21.7 Å². The van der Waals surface area contributed by atoms with Crippen LogP contribution < -0.4 is 11.1 Å². The molecule has 2 aromatic rings. The van der Waals surface area contributed by atoms with Gasteiger partial charge in [0.2, 0.25) is 11.8 Å². The quantitative estimate of drug-likeness (QED) is 0.630. The van der Waals surface area contributed by atoms with Gasteiger partial charge in [0.1, 0.15) is 17.9 Å². The number of benzene rings is 1. The molecule has 0 aliphatic carbocycles. The topological polar surface area (TPSA) is 133 Å². The molecule has 9 nitrogen and oxygen atoms in total. The predicted molar refractivity (Wildman–Crippen MR) is 81.9 cm³/mol. The standard InChI is InChI=1S/C14H15N5O4/c1-8-13(19(22)23)9(2)18(17-8)7-12(20)16-11-5-3-10(4-6-11)14(15)21/h3-6H,7H2,1-2H3,(H2,15,21)(H,16,20). The minimum atomic E-state index is -0.558. The molecule has 0 atom stereocenters. The lowest BCUT2D eigenvalue weighted by molar-refractivity contribution is -0.386. The normalized spacial score (nSPS) is 10.3. The first-order valence-electron chi connectivity index (χ1n) is 6.67. The highest BCUT2D eigenvalue weighted by Gasteiger charge is 2.22. The van der Waals surface area contributed by atoms with E-state index in [1.165, 1.54) is 30.7 Å². The lowest BCUT2D eigenvalue weighted by Gasteiger charge is -2.07. The largest absolute Gasteiger partial charge is 0.366 e. The molecule has 0 aliphatic heterocycles. The number of carbonyl (C=O) groups excluding carboxylic acids is 2. The molecule has 0 spiro atoms. The Morgan fingerprint density at radius 2 is 1.91 bits per heavy atom. The van der Waals surface area contributed by atoms with Crippen molar-refractivity contribution in [2.24, 2.45) is 5.73 Å². The molecule has 3 N–H and O–H groups in total. The van der Waals surface area contributed by atoms with Crippen LogP contribution in [0.15, 0.2) is 24.3 Å². The number of amides is 2. The third kappa shape index (κ3) is 3.51. The van der Waals surface area contributed by atoms with Crippen LogP contribution in [0.5, 0.6) is 0 Å². The van der Waals surface area contributed by atoms with Crippen molar-refractivity contribution in [3.05, 3.63) is 51.3 Å². The zero-order chi connectivity index (χ0) is 17.1. The number of anilines is 1. The molecule has 0 saturated heterocycles. The number of nitrogens with zero attached hydrogens (tertiary/aromatic N) is 3. The summed E-state index contributed by atoms with van der Waals surface area (Å²) < 4.78 is 1.28. The van der Waals surface area contributed by atoms with Crippen LogP contribution in [0, 0.1) is 24.0 Å². The van der Waals surface area contributed by atoms with E-state index in [0.29, 0.717) is 16.9 Å². The fourth-order valence-corrected chi connectivity index (χ4v) is 2.16. The summed E-state index contributed by atoms with van der Waals surface area (Å²) in [5.41, 5.74) is 6.42. The second-order valence-corrected chi connectivity index (χ2v) is 4.92. The molecule has 2 rings (SSSR count). The van der Waals surface area contributed by atoms with Crippen LogP contribution in [0.4, 0.5) is 11.4 Å². The monoisotopic (exact) mass is 317 g/mol. The maximum absolute atomic E-state index is 12.0. The molecule has 0 aliphatic rings. The molecular weight excluding hydrogens is 302 g/mol. The number of aryl methyl sites for hydroxylation is 1. The Morgan fingerprint density at radius 1 is 1.30 bits per heavy atom. The molecule has 0 bridgehead atoms. The minimum absolute atomic E-state index is 0.0939. The summed E-state index contributed by atoms with van der Waals surface area (Å²) in [5.74, 6) is -0.949. The molecule has 1 aromatic carbocycles. The first-order chi connectivity index (χ1) is 10.8. The zero-order valence-electron chi connectivity index (χ0n) is 12.6. The Labute approximate surface area is 131 Å². The van der Waals surface area contributed by atoms with Crippen LogP contribution in [0.3, 0.4) is 0 Å². The number of rotatable bonds is 5. The van der Waals surface area contributed by atoms with Gasteiger partial charge < -0.3 is 11.1 Å². The van der Waals surface area contributed by atoms with Crippen molar-refractivity contribution in [3.8, 4) is 0 Å². The van der Waals surface area contributed by atoms with Gasteiger partial charge in [0.15, 0.2) is 0 Å². The van der Waals surface area contributed by atoms with E-state index in [-0.39, 0.29) is 17.9 Å². The molecule has 1 heterocycles. The average Bonchev–Trinajstić information content (AvgIpc) is 2.73. The smallest absolute Gasteiger partial charge is 0.312 e. The molecule has 0 radical (unpaired) electrons. The van der Waals surface area contributed by atoms with E-state index in [1.807, 2.05) is 0 Å². The lowest BCUT2D eigenvalue weighted by Crippen LogP contribution is -2.20. The van der Waals surface area contributed by atoms with Gasteiger partial charge in [0.25, 0.3) is 0 Å². The van der Waals surface area contributed by atoms with E-state index >= 15 is 0 Å². The fraction of sp³-hybridized carbons (Fsp3) is 0.214. The first kappa shape index (κ1) is 16.1. The van der Waals surface area contributed by atoms with Gasteiger partial charge >= 0.3 is 5.69 Å². The number of primary amides is 1. The van der Waals surface area contributed by atoms with Crippen molar-refractivity contribution in [1.29, 1.82) is 0 Å². The molecule has 0 saturated carbocycles. The Kier molecular flexibility index (Phi) is 4.39. The Bertz CT molecular complexity index is 779. The zero-order valence-corrected chi connectivity index (χ0v) is 12.6. The number of nitrogens with two attached hydrogens (primary N) is 1. The Morgan fingerprint density at radius 3 is 2.39 bits per heavy atom. The third-order valence-electron chi connectivity index (χ3n) is 3.27. The van der Waals surface area contributed by atoms with Gasteiger partial charge in [-0.2, -0.15) is 5.10 Å². The third-order valence-corrected chi connectivity index (χ3v) is 3.27. The highest BCUT2D eigenvalue weighted by atomic mass is 16.6. The van der Waals surface area contributed by atoms with E-state index in [4.69, 9.17) is 5.73 Å². The van der Waals surface area contributed by atoms with Crippen molar-refractivity contribution in [2.45, 2.75) is 20.4 Å². The minimum Gasteiger partial charge on any atom is -0.366 e. The lowest BCUT2D eigenvalue weighted by atomic mass is 10.2. The van der Waals surface area contributed by atoms with Crippen LogP contribution in [0.25, 0.3) is 0 Å². The Balaban J connectivity index is 2.09. The van der Waals surface area contributed by atoms with Crippen LogP contribution in [-0.4, -0.2) is 26.5 Å².